The number of carbonyl (C=O) groups excluding carboxylic acids is 2. The first-order chi connectivity index (χ1) is 17.4. The Morgan fingerprint density at radius 1 is 1.00 bits per heavy atom. The fourth-order valence-electron chi connectivity index (χ4n) is 4.38. The maximum atomic E-state index is 13.3. The molecule has 0 bridgehead atoms. The van der Waals surface area contributed by atoms with Crippen LogP contribution in [0.4, 0.5) is 0 Å². The molecule has 0 radical (unpaired) electrons. The lowest BCUT2D eigenvalue weighted by atomic mass is 9.95. The SMILES string of the molecule is CCCOc1cccc(/C(O)=C2/C(=O)C(=O)N(CCN(CC)CC)C2c2ccc(OC)c(OC)c2)c1. The summed E-state index contributed by atoms with van der Waals surface area (Å²) < 4.78 is 16.5. The lowest BCUT2D eigenvalue weighted by Gasteiger charge is -2.28. The molecule has 1 unspecified atom stereocenters. The zero-order valence-corrected chi connectivity index (χ0v) is 21.7. The highest BCUT2D eigenvalue weighted by molar-refractivity contribution is 6.46. The van der Waals surface area contributed by atoms with Crippen LogP contribution in [-0.4, -0.2) is 73.6 Å². The Morgan fingerprint density at radius 3 is 2.36 bits per heavy atom. The summed E-state index contributed by atoms with van der Waals surface area (Å²) in [5.74, 6) is -0.00486. The number of ether oxygens (including phenoxy) is 3. The van der Waals surface area contributed by atoms with E-state index in [4.69, 9.17) is 14.2 Å². The van der Waals surface area contributed by atoms with Gasteiger partial charge in [0.2, 0.25) is 0 Å². The molecule has 1 amide bonds. The average molecular weight is 497 g/mol. The third kappa shape index (κ3) is 5.65. The van der Waals surface area contributed by atoms with E-state index in [1.807, 2.05) is 6.92 Å². The molecule has 3 rings (SSSR count). The number of benzene rings is 2. The molecule has 1 saturated heterocycles. The number of likely N-dealkylation sites (N-methyl/N-ethyl adjacent to an activating group) is 1. The van der Waals surface area contributed by atoms with E-state index in [-0.39, 0.29) is 11.3 Å². The summed E-state index contributed by atoms with van der Waals surface area (Å²) in [5.41, 5.74) is 1.10. The number of carbonyl (C=O) groups is 2. The summed E-state index contributed by atoms with van der Waals surface area (Å²) in [5, 5.41) is 11.4. The predicted octanol–water partition coefficient (Wildman–Crippen LogP) is 4.26. The molecule has 2 aromatic rings. The van der Waals surface area contributed by atoms with Gasteiger partial charge in [-0.15, -0.1) is 0 Å². The van der Waals surface area contributed by atoms with E-state index < -0.39 is 17.7 Å². The van der Waals surface area contributed by atoms with Crippen LogP contribution in [0.3, 0.4) is 0 Å². The van der Waals surface area contributed by atoms with Gasteiger partial charge in [-0.2, -0.15) is 0 Å². The van der Waals surface area contributed by atoms with E-state index in [1.165, 1.54) is 12.0 Å². The highest BCUT2D eigenvalue weighted by Gasteiger charge is 2.46. The van der Waals surface area contributed by atoms with Crippen molar-refractivity contribution in [3.63, 3.8) is 0 Å². The van der Waals surface area contributed by atoms with Crippen molar-refractivity contribution in [2.24, 2.45) is 0 Å². The third-order valence-corrected chi connectivity index (χ3v) is 6.40. The molecule has 0 aliphatic carbocycles. The standard InChI is InChI=1S/C28H36N2O6/c1-6-16-36-21-11-9-10-20(17-21)26(31)24-25(19-12-13-22(34-4)23(18-19)35-5)30(28(33)27(24)32)15-14-29(7-2)8-3/h9-13,17-18,25,31H,6-8,14-16H2,1-5H3/b26-24-. The number of likely N-dealkylation sites (tertiary alicyclic amines) is 1. The maximum absolute atomic E-state index is 13.3. The van der Waals surface area contributed by atoms with E-state index in [2.05, 4.69) is 18.7 Å². The summed E-state index contributed by atoms with van der Waals surface area (Å²) >= 11 is 0. The van der Waals surface area contributed by atoms with Crippen molar-refractivity contribution < 1.29 is 28.9 Å². The molecular weight excluding hydrogens is 460 g/mol. The minimum atomic E-state index is -0.777. The first-order valence-electron chi connectivity index (χ1n) is 12.4. The van der Waals surface area contributed by atoms with E-state index in [0.717, 1.165) is 19.5 Å². The van der Waals surface area contributed by atoms with Crippen molar-refractivity contribution in [2.75, 3.05) is 47.0 Å². The molecule has 1 fully saturated rings. The summed E-state index contributed by atoms with van der Waals surface area (Å²) in [6.07, 6.45) is 0.840. The third-order valence-electron chi connectivity index (χ3n) is 6.40. The fourth-order valence-corrected chi connectivity index (χ4v) is 4.38. The van der Waals surface area contributed by atoms with Gasteiger partial charge < -0.3 is 29.1 Å². The van der Waals surface area contributed by atoms with Gasteiger partial charge in [0.15, 0.2) is 11.5 Å². The molecule has 194 valence electrons. The Kier molecular flexibility index (Phi) is 9.36. The summed E-state index contributed by atoms with van der Waals surface area (Å²) in [4.78, 5) is 30.3. The van der Waals surface area contributed by atoms with Crippen molar-refractivity contribution in [3.05, 3.63) is 59.2 Å². The number of ketones is 1. The van der Waals surface area contributed by atoms with Gasteiger partial charge in [-0.3, -0.25) is 9.59 Å². The lowest BCUT2D eigenvalue weighted by molar-refractivity contribution is -0.140. The molecule has 2 aromatic carbocycles. The minimum Gasteiger partial charge on any atom is -0.507 e. The second kappa shape index (κ2) is 12.4. The normalized spacial score (nSPS) is 17.1. The fraction of sp³-hybridized carbons (Fsp3) is 0.429. The monoisotopic (exact) mass is 496 g/mol. The van der Waals surface area contributed by atoms with Crippen LogP contribution in [0.2, 0.25) is 0 Å². The summed E-state index contributed by atoms with van der Waals surface area (Å²) in [7, 11) is 3.07. The molecule has 1 atom stereocenters. The number of Topliss-reactive ketones (excluding diaryl/α,β-unsaturated/α-hetero) is 1. The van der Waals surface area contributed by atoms with Gasteiger partial charge in [-0.25, -0.2) is 0 Å². The van der Waals surface area contributed by atoms with E-state index in [9.17, 15) is 14.7 Å². The Bertz CT molecular complexity index is 1110. The largest absolute Gasteiger partial charge is 0.507 e. The number of methoxy groups -OCH3 is 2. The number of aliphatic hydroxyl groups excluding tert-OH is 1. The first-order valence-corrected chi connectivity index (χ1v) is 12.4. The Labute approximate surface area is 213 Å². The second-order valence-corrected chi connectivity index (χ2v) is 8.51. The molecular formula is C28H36N2O6. The Balaban J connectivity index is 2.13. The molecule has 8 heteroatoms. The van der Waals surface area contributed by atoms with Gasteiger partial charge in [-0.05, 0) is 49.3 Å². The number of hydrogen-bond donors (Lipinski definition) is 1. The van der Waals surface area contributed by atoms with E-state index in [0.29, 0.717) is 48.1 Å². The quantitative estimate of drug-likeness (QED) is 0.267. The van der Waals surface area contributed by atoms with E-state index >= 15 is 0 Å². The maximum Gasteiger partial charge on any atom is 0.295 e. The minimum absolute atomic E-state index is 0.0411. The van der Waals surface area contributed by atoms with Crippen LogP contribution in [0.1, 0.15) is 44.4 Å². The van der Waals surface area contributed by atoms with Gasteiger partial charge in [0, 0.05) is 18.7 Å². The molecule has 1 N–H and O–H groups in total. The van der Waals surface area contributed by atoms with Crippen LogP contribution < -0.4 is 14.2 Å². The average Bonchev–Trinajstić information content (AvgIpc) is 3.16. The predicted molar refractivity (Wildman–Crippen MR) is 139 cm³/mol. The van der Waals surface area contributed by atoms with Crippen molar-refractivity contribution in [3.8, 4) is 17.2 Å². The zero-order valence-electron chi connectivity index (χ0n) is 21.7. The van der Waals surface area contributed by atoms with Crippen LogP contribution in [0.15, 0.2) is 48.0 Å². The van der Waals surface area contributed by atoms with Crippen LogP contribution in [0, 0.1) is 0 Å². The van der Waals surface area contributed by atoms with Crippen LogP contribution in [0.25, 0.3) is 5.76 Å². The Hall–Kier alpha value is -3.52. The number of aliphatic hydroxyl groups is 1. The van der Waals surface area contributed by atoms with Crippen molar-refractivity contribution in [1.82, 2.24) is 9.80 Å². The second-order valence-electron chi connectivity index (χ2n) is 8.51. The number of amides is 1. The topological polar surface area (TPSA) is 88.5 Å². The van der Waals surface area contributed by atoms with Gasteiger partial charge in [0.05, 0.1) is 32.4 Å². The van der Waals surface area contributed by atoms with Gasteiger partial charge in [0.25, 0.3) is 11.7 Å². The number of rotatable bonds is 12. The lowest BCUT2D eigenvalue weighted by Crippen LogP contribution is -2.38. The van der Waals surface area contributed by atoms with Crippen LogP contribution >= 0.6 is 0 Å². The molecule has 1 aliphatic heterocycles. The molecule has 36 heavy (non-hydrogen) atoms. The van der Waals surface area contributed by atoms with Gasteiger partial charge in [0.1, 0.15) is 11.5 Å². The van der Waals surface area contributed by atoms with Crippen molar-refractivity contribution >= 4 is 17.4 Å². The van der Waals surface area contributed by atoms with Crippen molar-refractivity contribution in [2.45, 2.75) is 33.2 Å². The Morgan fingerprint density at radius 2 is 1.72 bits per heavy atom. The summed E-state index contributed by atoms with van der Waals surface area (Å²) in [6.45, 7) is 9.23. The van der Waals surface area contributed by atoms with Gasteiger partial charge >= 0.3 is 0 Å². The highest BCUT2D eigenvalue weighted by Crippen LogP contribution is 2.42. The van der Waals surface area contributed by atoms with Crippen molar-refractivity contribution in [1.29, 1.82) is 0 Å². The van der Waals surface area contributed by atoms with Crippen LogP contribution in [0.5, 0.6) is 17.2 Å². The molecule has 1 heterocycles. The molecule has 0 aromatic heterocycles. The van der Waals surface area contributed by atoms with Crippen LogP contribution in [-0.2, 0) is 9.59 Å². The number of hydrogen-bond acceptors (Lipinski definition) is 7. The van der Waals surface area contributed by atoms with Gasteiger partial charge in [-0.1, -0.05) is 39.0 Å². The highest BCUT2D eigenvalue weighted by atomic mass is 16.5. The summed E-state index contributed by atoms with van der Waals surface area (Å²) in [6, 6.07) is 11.4. The zero-order chi connectivity index (χ0) is 26.2. The van der Waals surface area contributed by atoms with E-state index in [1.54, 1.807) is 49.6 Å². The smallest absolute Gasteiger partial charge is 0.295 e. The molecule has 1 aliphatic rings. The number of nitrogens with zero attached hydrogens (tertiary/aromatic N) is 2. The first kappa shape index (κ1) is 27.1. The molecule has 0 spiro atoms. The molecule has 0 saturated carbocycles. The molecule has 8 nitrogen and oxygen atoms in total.